The van der Waals surface area contributed by atoms with Crippen molar-refractivity contribution < 1.29 is 9.59 Å². The number of aromatic nitrogens is 1. The molecule has 0 atom stereocenters. The van der Waals surface area contributed by atoms with E-state index in [2.05, 4.69) is 10.9 Å². The predicted molar refractivity (Wildman–Crippen MR) is 104 cm³/mol. The third-order valence-electron chi connectivity index (χ3n) is 4.05. The molecule has 4 rings (SSSR count). The van der Waals surface area contributed by atoms with Crippen LogP contribution in [0.1, 0.15) is 9.67 Å². The van der Waals surface area contributed by atoms with E-state index in [1.807, 2.05) is 65.4 Å². The van der Waals surface area contributed by atoms with Gasteiger partial charge >= 0.3 is 0 Å². The molecule has 2 amide bonds. The summed E-state index contributed by atoms with van der Waals surface area (Å²) < 4.78 is 2.75. The van der Waals surface area contributed by atoms with Crippen LogP contribution in [-0.2, 0) is 11.3 Å². The van der Waals surface area contributed by atoms with Gasteiger partial charge in [0.15, 0.2) is 0 Å². The van der Waals surface area contributed by atoms with Gasteiger partial charge in [0.25, 0.3) is 11.8 Å². The van der Waals surface area contributed by atoms with Gasteiger partial charge in [-0.15, -0.1) is 11.3 Å². The summed E-state index contributed by atoms with van der Waals surface area (Å²) in [7, 11) is 0. The van der Waals surface area contributed by atoms with E-state index in [1.165, 1.54) is 11.3 Å². The molecule has 2 aromatic carbocycles. The molecule has 5 nitrogen and oxygen atoms in total. The zero-order valence-electron chi connectivity index (χ0n) is 13.5. The van der Waals surface area contributed by atoms with Crippen LogP contribution in [0.2, 0.25) is 5.02 Å². The summed E-state index contributed by atoms with van der Waals surface area (Å²) in [4.78, 5) is 24.9. The zero-order chi connectivity index (χ0) is 18.1. The Kier molecular flexibility index (Phi) is 4.36. The zero-order valence-corrected chi connectivity index (χ0v) is 15.1. The number of thiophene rings is 1. The third-order valence-corrected chi connectivity index (χ3v) is 5.72. The van der Waals surface area contributed by atoms with E-state index < -0.39 is 5.91 Å². The second kappa shape index (κ2) is 6.82. The van der Waals surface area contributed by atoms with Crippen LogP contribution in [-0.4, -0.2) is 16.4 Å². The van der Waals surface area contributed by atoms with E-state index in [9.17, 15) is 9.59 Å². The number of rotatable bonds is 3. The molecule has 0 bridgehead atoms. The SMILES string of the molecule is O=C(Cn1ccc2ccccc21)NNC(=O)c1sc2ccccc2c1Cl. The Balaban J connectivity index is 1.43. The van der Waals surface area contributed by atoms with Crippen molar-refractivity contribution in [2.75, 3.05) is 0 Å². The molecule has 0 fully saturated rings. The molecule has 0 unspecified atom stereocenters. The Bertz CT molecular complexity index is 1130. The number of hydrogen-bond acceptors (Lipinski definition) is 3. The summed E-state index contributed by atoms with van der Waals surface area (Å²) in [6, 6.07) is 17.2. The molecule has 26 heavy (non-hydrogen) atoms. The Morgan fingerprint density at radius 1 is 1.00 bits per heavy atom. The molecule has 0 spiro atoms. The normalized spacial score (nSPS) is 11.0. The van der Waals surface area contributed by atoms with Crippen LogP contribution < -0.4 is 10.9 Å². The summed E-state index contributed by atoms with van der Waals surface area (Å²) >= 11 is 7.57. The molecule has 7 heteroatoms. The number of carbonyl (C=O) groups is 2. The Morgan fingerprint density at radius 2 is 1.77 bits per heavy atom. The molecule has 2 heterocycles. The molecule has 2 aromatic heterocycles. The second-order valence-corrected chi connectivity index (χ2v) is 7.18. The lowest BCUT2D eigenvalue weighted by atomic mass is 10.2. The summed E-state index contributed by atoms with van der Waals surface area (Å²) in [5.74, 6) is -0.751. The predicted octanol–water partition coefficient (Wildman–Crippen LogP) is 3.97. The van der Waals surface area contributed by atoms with Crippen LogP contribution in [0.25, 0.3) is 21.0 Å². The van der Waals surface area contributed by atoms with Gasteiger partial charge in [-0.25, -0.2) is 0 Å². The van der Waals surface area contributed by atoms with Crippen molar-refractivity contribution in [1.29, 1.82) is 0 Å². The number of halogens is 1. The molecular weight excluding hydrogens is 370 g/mol. The minimum absolute atomic E-state index is 0.105. The first-order valence-electron chi connectivity index (χ1n) is 7.93. The molecule has 0 radical (unpaired) electrons. The number of para-hydroxylation sites is 1. The van der Waals surface area contributed by atoms with E-state index >= 15 is 0 Å². The van der Waals surface area contributed by atoms with Crippen LogP contribution in [0.5, 0.6) is 0 Å². The first kappa shape index (κ1) is 16.6. The van der Waals surface area contributed by atoms with Gasteiger partial charge in [0.2, 0.25) is 0 Å². The van der Waals surface area contributed by atoms with Crippen molar-refractivity contribution in [3.05, 3.63) is 70.7 Å². The largest absolute Gasteiger partial charge is 0.338 e. The lowest BCUT2D eigenvalue weighted by molar-refractivity contribution is -0.122. The summed E-state index contributed by atoms with van der Waals surface area (Å²) in [5, 5.41) is 2.28. The number of carbonyl (C=O) groups excluding carboxylic acids is 2. The maximum absolute atomic E-state index is 12.3. The first-order chi connectivity index (χ1) is 12.6. The number of hydrazine groups is 1. The lowest BCUT2D eigenvalue weighted by Crippen LogP contribution is -2.42. The minimum Gasteiger partial charge on any atom is -0.338 e. The van der Waals surface area contributed by atoms with Crippen molar-refractivity contribution in [3.8, 4) is 0 Å². The fourth-order valence-electron chi connectivity index (χ4n) is 2.82. The topological polar surface area (TPSA) is 63.1 Å². The molecule has 0 aliphatic heterocycles. The van der Waals surface area contributed by atoms with Crippen molar-refractivity contribution in [1.82, 2.24) is 15.4 Å². The Labute approximate surface area is 158 Å². The van der Waals surface area contributed by atoms with Crippen LogP contribution in [0.3, 0.4) is 0 Å². The highest BCUT2D eigenvalue weighted by molar-refractivity contribution is 7.21. The summed E-state index contributed by atoms with van der Waals surface area (Å²) in [6.45, 7) is 0.105. The van der Waals surface area contributed by atoms with E-state index in [0.29, 0.717) is 9.90 Å². The maximum atomic E-state index is 12.3. The van der Waals surface area contributed by atoms with Gasteiger partial charge in [0, 0.05) is 21.8 Å². The number of fused-ring (bicyclic) bond motifs is 2. The number of nitrogens with zero attached hydrogens (tertiary/aromatic N) is 1. The fourth-order valence-corrected chi connectivity index (χ4v) is 4.23. The van der Waals surface area contributed by atoms with Crippen molar-refractivity contribution in [2.45, 2.75) is 6.54 Å². The molecule has 0 saturated heterocycles. The Morgan fingerprint density at radius 3 is 2.62 bits per heavy atom. The smallest absolute Gasteiger partial charge is 0.281 e. The van der Waals surface area contributed by atoms with Gasteiger partial charge in [-0.05, 0) is 23.6 Å². The average Bonchev–Trinajstić information content (AvgIpc) is 3.22. The number of nitrogens with one attached hydrogen (secondary N) is 2. The molecule has 2 N–H and O–H groups in total. The van der Waals surface area contributed by atoms with Crippen LogP contribution in [0.15, 0.2) is 60.8 Å². The van der Waals surface area contributed by atoms with E-state index in [4.69, 9.17) is 11.6 Å². The van der Waals surface area contributed by atoms with Crippen molar-refractivity contribution in [3.63, 3.8) is 0 Å². The second-order valence-electron chi connectivity index (χ2n) is 5.75. The first-order valence-corrected chi connectivity index (χ1v) is 9.13. The molecule has 0 saturated carbocycles. The van der Waals surface area contributed by atoms with Crippen LogP contribution >= 0.6 is 22.9 Å². The highest BCUT2D eigenvalue weighted by Crippen LogP contribution is 2.34. The number of amides is 2. The highest BCUT2D eigenvalue weighted by atomic mass is 35.5. The van der Waals surface area contributed by atoms with Gasteiger partial charge in [-0.1, -0.05) is 48.0 Å². The molecular formula is C19H14ClN3O2S. The maximum Gasteiger partial charge on any atom is 0.281 e. The fraction of sp³-hybridized carbons (Fsp3) is 0.0526. The quantitative estimate of drug-likeness (QED) is 0.526. The van der Waals surface area contributed by atoms with Gasteiger partial charge in [0.05, 0.1) is 5.02 Å². The molecule has 0 aliphatic carbocycles. The molecule has 130 valence electrons. The number of hydrogen-bond donors (Lipinski definition) is 2. The number of benzene rings is 2. The average molecular weight is 384 g/mol. The van der Waals surface area contributed by atoms with Gasteiger partial charge in [-0.3, -0.25) is 20.4 Å². The summed E-state index contributed by atoms with van der Waals surface area (Å²) in [5.41, 5.74) is 5.84. The minimum atomic E-state index is -0.429. The van der Waals surface area contributed by atoms with Gasteiger partial charge in [-0.2, -0.15) is 0 Å². The Hall–Kier alpha value is -2.83. The van der Waals surface area contributed by atoms with E-state index in [-0.39, 0.29) is 12.5 Å². The molecule has 4 aromatic rings. The highest BCUT2D eigenvalue weighted by Gasteiger charge is 2.17. The van der Waals surface area contributed by atoms with E-state index in [1.54, 1.807) is 0 Å². The summed E-state index contributed by atoms with van der Waals surface area (Å²) in [6.07, 6.45) is 1.84. The third kappa shape index (κ3) is 3.05. The van der Waals surface area contributed by atoms with Gasteiger partial charge < -0.3 is 4.57 Å². The van der Waals surface area contributed by atoms with Gasteiger partial charge in [0.1, 0.15) is 11.4 Å². The lowest BCUT2D eigenvalue weighted by Gasteiger charge is -2.08. The van der Waals surface area contributed by atoms with Crippen LogP contribution in [0.4, 0.5) is 0 Å². The van der Waals surface area contributed by atoms with E-state index in [0.717, 1.165) is 21.0 Å². The molecule has 0 aliphatic rings. The standard InChI is InChI=1S/C19H14ClN3O2S/c20-17-13-6-2-4-8-15(13)26-18(17)19(25)22-21-16(24)11-23-10-9-12-5-1-3-7-14(12)23/h1-10H,11H2,(H,21,24)(H,22,25). The monoisotopic (exact) mass is 383 g/mol. The van der Waals surface area contributed by atoms with Crippen molar-refractivity contribution >= 4 is 55.7 Å². The van der Waals surface area contributed by atoms with Crippen LogP contribution in [0, 0.1) is 0 Å². The van der Waals surface area contributed by atoms with Crippen molar-refractivity contribution in [2.24, 2.45) is 0 Å².